The molecule has 4 nitrogen and oxygen atoms in total. The minimum Gasteiger partial charge on any atom is -0.497 e. The van der Waals surface area contributed by atoms with Gasteiger partial charge in [0.2, 0.25) is 0 Å². The summed E-state index contributed by atoms with van der Waals surface area (Å²) in [6, 6.07) is 4.97. The van der Waals surface area contributed by atoms with Crippen LogP contribution in [0, 0.1) is 57.7 Å². The molecule has 0 amide bonds. The second-order valence-electron chi connectivity index (χ2n) is 6.51. The third-order valence-corrected chi connectivity index (χ3v) is 4.66. The molecule has 0 aliphatic carbocycles. The predicted molar refractivity (Wildman–Crippen MR) is 103 cm³/mol. The van der Waals surface area contributed by atoms with E-state index in [0.29, 0.717) is 16.9 Å². The van der Waals surface area contributed by atoms with Crippen LogP contribution < -0.4 is 4.74 Å². The maximum atomic E-state index is 14.2. The second-order valence-corrected chi connectivity index (χ2v) is 6.51. The Morgan fingerprint density at radius 2 is 2.00 bits per heavy atom. The van der Waals surface area contributed by atoms with Crippen molar-refractivity contribution >= 4 is 0 Å². The average molecular weight is 596 g/mol. The minimum absolute atomic E-state index is 0. The second kappa shape index (κ2) is 11.8. The van der Waals surface area contributed by atoms with Crippen LogP contribution in [0.1, 0.15) is 30.8 Å². The molecule has 1 unspecified atom stereocenters. The number of hydrogen-bond donors (Lipinski definition) is 0. The molecule has 0 N–H and O–H groups in total. The van der Waals surface area contributed by atoms with Gasteiger partial charge in [-0.15, -0.1) is 12.6 Å². The summed E-state index contributed by atoms with van der Waals surface area (Å²) >= 11 is 0. The van der Waals surface area contributed by atoms with Crippen molar-refractivity contribution in [3.63, 3.8) is 0 Å². The number of hydrogen-bond acceptors (Lipinski definition) is 4. The first-order valence-corrected chi connectivity index (χ1v) is 8.95. The Kier molecular flexibility index (Phi) is 10.5. The molecule has 0 saturated heterocycles. The maximum Gasteiger partial charge on any atom is 2.00 e. The molecule has 0 spiro atoms. The first kappa shape index (κ1) is 24.1. The number of aryl methyl sites for hydroxylation is 2. The zero-order valence-corrected chi connectivity index (χ0v) is 20.6. The number of unbranched alkanes of at least 4 members (excludes halogenated alkanes) is 1. The molecule has 0 saturated carbocycles. The van der Waals surface area contributed by atoms with Crippen molar-refractivity contribution in [3.8, 4) is 16.9 Å². The van der Waals surface area contributed by atoms with E-state index in [-0.39, 0.29) is 43.0 Å². The fourth-order valence-electron chi connectivity index (χ4n) is 2.80. The average Bonchev–Trinajstić information content (AvgIpc) is 2.65. The summed E-state index contributed by atoms with van der Waals surface area (Å²) in [5.41, 5.74) is 1.93. The Hall–Kier alpha value is -0.958. The smallest absolute Gasteiger partial charge is 0.497 e. The Bertz CT molecular complexity index is 727. The number of rotatable bonds is 9. The van der Waals surface area contributed by atoms with E-state index in [1.165, 1.54) is 6.07 Å². The van der Waals surface area contributed by atoms with Crippen molar-refractivity contribution in [2.75, 3.05) is 20.7 Å². The molecule has 1 heterocycles. The van der Waals surface area contributed by atoms with E-state index in [0.717, 1.165) is 43.7 Å². The van der Waals surface area contributed by atoms with E-state index in [1.807, 2.05) is 14.0 Å². The quantitative estimate of drug-likeness (QED) is 0.321. The van der Waals surface area contributed by atoms with Gasteiger partial charge in [-0.2, -0.15) is 0 Å². The van der Waals surface area contributed by atoms with E-state index in [9.17, 15) is 4.39 Å². The van der Waals surface area contributed by atoms with Crippen LogP contribution >= 0.6 is 0 Å². The number of nitrogens with zero attached hydrogens (tertiary/aromatic N) is 3. The van der Waals surface area contributed by atoms with Gasteiger partial charge in [0.1, 0.15) is 17.4 Å². The SMILES string of the molecule is [CH2-]CN(C)C([CH2-])CCCCc1ncc(-c2cc(OC)ccc2F)c(C)n1.[U+2]. The summed E-state index contributed by atoms with van der Waals surface area (Å²) in [5.74, 6) is 1.10. The molecular formula is C21H28FN3OU. The summed E-state index contributed by atoms with van der Waals surface area (Å²) in [6.45, 7) is 10.7. The Morgan fingerprint density at radius 3 is 2.63 bits per heavy atom. The van der Waals surface area contributed by atoms with Crippen LogP contribution in [0.3, 0.4) is 0 Å². The molecule has 0 aliphatic rings. The van der Waals surface area contributed by atoms with Gasteiger partial charge in [0, 0.05) is 29.4 Å². The van der Waals surface area contributed by atoms with Crippen LogP contribution in [0.15, 0.2) is 24.4 Å². The fraction of sp³-hybridized carbons (Fsp3) is 0.429. The summed E-state index contributed by atoms with van der Waals surface area (Å²) in [7, 11) is 3.60. The van der Waals surface area contributed by atoms with E-state index in [2.05, 4.69) is 28.7 Å². The molecule has 6 heteroatoms. The molecule has 27 heavy (non-hydrogen) atoms. The van der Waals surface area contributed by atoms with Gasteiger partial charge in [-0.25, -0.2) is 14.4 Å². The predicted octanol–water partition coefficient (Wildman–Crippen LogP) is 4.28. The molecule has 0 fully saturated rings. The molecule has 2 aromatic rings. The number of methoxy groups -OCH3 is 1. The molecule has 1 atom stereocenters. The van der Waals surface area contributed by atoms with E-state index >= 15 is 0 Å². The third-order valence-electron chi connectivity index (χ3n) is 4.66. The normalized spacial score (nSPS) is 12.0. The monoisotopic (exact) mass is 595 g/mol. The summed E-state index contributed by atoms with van der Waals surface area (Å²) < 4.78 is 19.3. The van der Waals surface area contributed by atoms with Gasteiger partial charge < -0.3 is 23.5 Å². The van der Waals surface area contributed by atoms with Crippen molar-refractivity contribution in [1.82, 2.24) is 14.9 Å². The van der Waals surface area contributed by atoms with Crippen LogP contribution in [0.5, 0.6) is 5.75 Å². The molecular weight excluding hydrogens is 567 g/mol. The van der Waals surface area contributed by atoms with Gasteiger partial charge in [-0.3, -0.25) is 0 Å². The van der Waals surface area contributed by atoms with E-state index < -0.39 is 0 Å². The minimum atomic E-state index is -0.304. The summed E-state index contributed by atoms with van der Waals surface area (Å²) in [6.07, 6.45) is 5.60. The molecule has 2 rings (SSSR count). The number of benzene rings is 1. The molecule has 1 aromatic heterocycles. The molecule has 1 aromatic carbocycles. The number of aromatic nitrogens is 2. The van der Waals surface area contributed by atoms with Crippen molar-refractivity contribution in [3.05, 3.63) is 55.6 Å². The Morgan fingerprint density at radius 1 is 1.26 bits per heavy atom. The maximum absolute atomic E-state index is 14.2. The van der Waals surface area contributed by atoms with Crippen LogP contribution in [-0.4, -0.2) is 41.6 Å². The first-order chi connectivity index (χ1) is 12.5. The van der Waals surface area contributed by atoms with Gasteiger partial charge in [-0.05, 0) is 38.6 Å². The van der Waals surface area contributed by atoms with Gasteiger partial charge >= 0.3 is 31.1 Å². The van der Waals surface area contributed by atoms with E-state index in [4.69, 9.17) is 4.74 Å². The molecule has 144 valence electrons. The largest absolute Gasteiger partial charge is 2.00 e. The van der Waals surface area contributed by atoms with Gasteiger partial charge in [-0.1, -0.05) is 12.8 Å². The van der Waals surface area contributed by atoms with Crippen molar-refractivity contribution in [1.29, 1.82) is 0 Å². The van der Waals surface area contributed by atoms with Crippen LogP contribution in [0.25, 0.3) is 11.1 Å². The third kappa shape index (κ3) is 6.85. The summed E-state index contributed by atoms with van der Waals surface area (Å²) in [5, 5.41) is 0. The van der Waals surface area contributed by atoms with Crippen LogP contribution in [-0.2, 0) is 6.42 Å². The molecule has 0 aliphatic heterocycles. The Labute approximate surface area is 186 Å². The zero-order chi connectivity index (χ0) is 19.1. The van der Waals surface area contributed by atoms with Crippen LogP contribution in [0.4, 0.5) is 4.39 Å². The van der Waals surface area contributed by atoms with Gasteiger partial charge in [0.25, 0.3) is 0 Å². The molecule has 0 bridgehead atoms. The van der Waals surface area contributed by atoms with E-state index in [1.54, 1.807) is 25.4 Å². The number of ether oxygens (including phenoxy) is 1. The van der Waals surface area contributed by atoms with Crippen molar-refractivity contribution < 1.29 is 40.2 Å². The topological polar surface area (TPSA) is 38.2 Å². The van der Waals surface area contributed by atoms with Crippen molar-refractivity contribution in [2.45, 2.75) is 38.6 Å². The number of halogens is 1. The fourth-order valence-corrected chi connectivity index (χ4v) is 2.80. The van der Waals surface area contributed by atoms with Gasteiger partial charge in [0.15, 0.2) is 0 Å². The zero-order valence-electron chi connectivity index (χ0n) is 16.5. The summed E-state index contributed by atoms with van der Waals surface area (Å²) in [4.78, 5) is 11.1. The molecule has 0 radical (unpaired) electrons. The first-order valence-electron chi connectivity index (χ1n) is 8.95. The van der Waals surface area contributed by atoms with Crippen molar-refractivity contribution in [2.24, 2.45) is 0 Å². The van der Waals surface area contributed by atoms with Gasteiger partial charge in [0.05, 0.1) is 7.11 Å². The van der Waals surface area contributed by atoms with Crippen LogP contribution in [0.2, 0.25) is 0 Å². The standard InChI is InChI=1S/C21H28FN3O.U/c1-6-25(4)15(2)9-7-8-10-21-23-14-19(16(3)24-21)18-13-17(26-5)11-12-20(18)22;/h11-15H,1-2,6-10H2,3-5H3;/q-2;+2. The Balaban J connectivity index is 0.00000364.